The molecule has 0 unspecified atom stereocenters. The Balaban J connectivity index is 2.19. The van der Waals surface area contributed by atoms with Crippen LogP contribution in [0.25, 0.3) is 0 Å². The van der Waals surface area contributed by atoms with Gasteiger partial charge in [-0.2, -0.15) is 0 Å². The van der Waals surface area contributed by atoms with Crippen molar-refractivity contribution in [2.45, 2.75) is 6.54 Å². The van der Waals surface area contributed by atoms with E-state index in [1.54, 1.807) is 0 Å². The number of rotatable bonds is 3. The summed E-state index contributed by atoms with van der Waals surface area (Å²) in [6.45, 7) is 0.602. The second-order valence-electron chi connectivity index (χ2n) is 3.68. The van der Waals surface area contributed by atoms with Crippen LogP contribution in [0.3, 0.4) is 0 Å². The first-order valence-corrected chi connectivity index (χ1v) is 7.82. The molecule has 0 saturated carbocycles. The summed E-state index contributed by atoms with van der Waals surface area (Å²) in [6.07, 6.45) is 0. The molecule has 1 nitrogen and oxygen atoms in total. The van der Waals surface area contributed by atoms with E-state index in [1.807, 2.05) is 36.4 Å². The molecule has 0 bridgehead atoms. The second kappa shape index (κ2) is 6.46. The molecule has 2 aromatic carbocycles. The van der Waals surface area contributed by atoms with Gasteiger partial charge in [-0.05, 0) is 52.9 Å². The Morgan fingerprint density at radius 3 is 2.44 bits per heavy atom. The maximum Gasteiger partial charge on any atom is 0.0489 e. The zero-order valence-electron chi connectivity index (χ0n) is 9.18. The van der Waals surface area contributed by atoms with E-state index in [-0.39, 0.29) is 0 Å². The van der Waals surface area contributed by atoms with Crippen molar-refractivity contribution in [3.05, 3.63) is 60.0 Å². The predicted molar refractivity (Wildman–Crippen MR) is 90.6 cm³/mol. The quantitative estimate of drug-likeness (QED) is 0.561. The third-order valence-electron chi connectivity index (χ3n) is 2.45. The highest BCUT2D eigenvalue weighted by Crippen LogP contribution is 2.27. The first kappa shape index (κ1) is 14.4. The lowest BCUT2D eigenvalue weighted by Crippen LogP contribution is -2.02. The molecule has 0 aliphatic rings. The molecule has 1 N–H and O–H groups in total. The SMILES string of the molecule is Clc1cccc(Cl)c1CNc1cc(Br)ccc1I. The van der Waals surface area contributed by atoms with Gasteiger partial charge in [0.15, 0.2) is 0 Å². The summed E-state index contributed by atoms with van der Waals surface area (Å²) in [7, 11) is 0. The predicted octanol–water partition coefficient (Wildman–Crippen LogP) is 5.97. The van der Waals surface area contributed by atoms with Crippen molar-refractivity contribution in [2.75, 3.05) is 5.32 Å². The van der Waals surface area contributed by atoms with Gasteiger partial charge in [0.05, 0.1) is 0 Å². The van der Waals surface area contributed by atoms with E-state index < -0.39 is 0 Å². The molecule has 0 spiro atoms. The maximum atomic E-state index is 6.13. The van der Waals surface area contributed by atoms with Crippen LogP contribution in [0, 0.1) is 3.57 Å². The van der Waals surface area contributed by atoms with Gasteiger partial charge in [-0.1, -0.05) is 45.2 Å². The van der Waals surface area contributed by atoms with Crippen LogP contribution in [0.2, 0.25) is 10.0 Å². The number of hydrogen-bond donors (Lipinski definition) is 1. The Hall–Kier alpha value is 0.0300. The highest BCUT2D eigenvalue weighted by atomic mass is 127. The molecule has 0 saturated heterocycles. The average Bonchev–Trinajstić information content (AvgIpc) is 2.33. The molecule has 0 aromatic heterocycles. The second-order valence-corrected chi connectivity index (χ2v) is 6.57. The van der Waals surface area contributed by atoms with Crippen LogP contribution < -0.4 is 5.32 Å². The van der Waals surface area contributed by atoms with Crippen molar-refractivity contribution in [3.8, 4) is 0 Å². The van der Waals surface area contributed by atoms with Crippen molar-refractivity contribution in [1.82, 2.24) is 0 Å². The van der Waals surface area contributed by atoms with Crippen molar-refractivity contribution in [1.29, 1.82) is 0 Å². The standard InChI is InChI=1S/C13H9BrCl2IN/c14-8-4-5-12(17)13(6-8)18-7-9-10(15)2-1-3-11(9)16/h1-6,18H,7H2. The topological polar surface area (TPSA) is 12.0 Å². The molecule has 2 aromatic rings. The van der Waals surface area contributed by atoms with Gasteiger partial charge < -0.3 is 5.32 Å². The highest BCUT2D eigenvalue weighted by molar-refractivity contribution is 14.1. The van der Waals surface area contributed by atoms with Crippen LogP contribution in [0.15, 0.2) is 40.9 Å². The largest absolute Gasteiger partial charge is 0.380 e. The summed E-state index contributed by atoms with van der Waals surface area (Å²) in [5.74, 6) is 0. The number of halogens is 4. The monoisotopic (exact) mass is 455 g/mol. The van der Waals surface area contributed by atoms with Crippen LogP contribution >= 0.6 is 61.7 Å². The Kier molecular flexibility index (Phi) is 5.18. The van der Waals surface area contributed by atoms with Crippen LogP contribution in [-0.4, -0.2) is 0 Å². The fraction of sp³-hybridized carbons (Fsp3) is 0.0769. The van der Waals surface area contributed by atoms with Crippen molar-refractivity contribution >= 4 is 67.4 Å². The van der Waals surface area contributed by atoms with Crippen LogP contribution in [0.4, 0.5) is 5.69 Å². The van der Waals surface area contributed by atoms with Gasteiger partial charge in [0.25, 0.3) is 0 Å². The Labute approximate surface area is 138 Å². The zero-order chi connectivity index (χ0) is 13.1. The minimum atomic E-state index is 0.602. The molecule has 94 valence electrons. The molecule has 18 heavy (non-hydrogen) atoms. The smallest absolute Gasteiger partial charge is 0.0489 e. The molecular formula is C13H9BrCl2IN. The van der Waals surface area contributed by atoms with Gasteiger partial charge in [0, 0.05) is 35.9 Å². The molecule has 0 aliphatic heterocycles. The van der Waals surface area contributed by atoms with E-state index >= 15 is 0 Å². The van der Waals surface area contributed by atoms with Gasteiger partial charge in [0.1, 0.15) is 0 Å². The van der Waals surface area contributed by atoms with Crippen LogP contribution in [0.5, 0.6) is 0 Å². The Morgan fingerprint density at radius 1 is 1.11 bits per heavy atom. The zero-order valence-corrected chi connectivity index (χ0v) is 14.4. The number of hydrogen-bond acceptors (Lipinski definition) is 1. The maximum absolute atomic E-state index is 6.13. The van der Waals surface area contributed by atoms with Crippen molar-refractivity contribution < 1.29 is 0 Å². The third kappa shape index (κ3) is 3.53. The lowest BCUT2D eigenvalue weighted by Gasteiger charge is -2.11. The van der Waals surface area contributed by atoms with Crippen molar-refractivity contribution in [2.24, 2.45) is 0 Å². The van der Waals surface area contributed by atoms with E-state index in [4.69, 9.17) is 23.2 Å². The fourth-order valence-electron chi connectivity index (χ4n) is 1.52. The molecule has 0 aliphatic carbocycles. The molecular weight excluding hydrogens is 448 g/mol. The van der Waals surface area contributed by atoms with Gasteiger partial charge in [-0.15, -0.1) is 0 Å². The molecule has 0 atom stereocenters. The van der Waals surface area contributed by atoms with E-state index in [0.717, 1.165) is 19.3 Å². The Bertz CT molecular complexity index is 555. The minimum absolute atomic E-state index is 0.602. The molecule has 0 radical (unpaired) electrons. The number of anilines is 1. The van der Waals surface area contributed by atoms with Crippen LogP contribution in [-0.2, 0) is 6.54 Å². The van der Waals surface area contributed by atoms with Gasteiger partial charge in [0.2, 0.25) is 0 Å². The average molecular weight is 457 g/mol. The summed E-state index contributed by atoms with van der Waals surface area (Å²) < 4.78 is 2.19. The normalized spacial score (nSPS) is 10.4. The molecule has 0 fully saturated rings. The Morgan fingerprint density at radius 2 is 1.78 bits per heavy atom. The summed E-state index contributed by atoms with van der Waals surface area (Å²) in [5, 5.41) is 4.71. The van der Waals surface area contributed by atoms with Gasteiger partial charge in [-0.3, -0.25) is 0 Å². The molecule has 0 amide bonds. The summed E-state index contributed by atoms with van der Waals surface area (Å²) in [4.78, 5) is 0. The van der Waals surface area contributed by atoms with Crippen LogP contribution in [0.1, 0.15) is 5.56 Å². The molecule has 2 rings (SSSR count). The molecule has 0 heterocycles. The number of benzene rings is 2. The van der Waals surface area contributed by atoms with E-state index in [1.165, 1.54) is 0 Å². The lowest BCUT2D eigenvalue weighted by molar-refractivity contribution is 1.14. The highest BCUT2D eigenvalue weighted by Gasteiger charge is 2.06. The third-order valence-corrected chi connectivity index (χ3v) is 4.59. The number of nitrogens with one attached hydrogen (secondary N) is 1. The van der Waals surface area contributed by atoms with E-state index in [2.05, 4.69) is 43.8 Å². The summed E-state index contributed by atoms with van der Waals surface area (Å²) >= 11 is 18.0. The first-order valence-electron chi connectivity index (χ1n) is 5.20. The van der Waals surface area contributed by atoms with Gasteiger partial charge >= 0.3 is 0 Å². The first-order chi connectivity index (χ1) is 8.58. The van der Waals surface area contributed by atoms with E-state index in [9.17, 15) is 0 Å². The van der Waals surface area contributed by atoms with Crippen molar-refractivity contribution in [3.63, 3.8) is 0 Å². The molecule has 5 heteroatoms. The van der Waals surface area contributed by atoms with E-state index in [0.29, 0.717) is 16.6 Å². The summed E-state index contributed by atoms with van der Waals surface area (Å²) in [5.41, 5.74) is 1.97. The minimum Gasteiger partial charge on any atom is -0.380 e. The van der Waals surface area contributed by atoms with Gasteiger partial charge in [-0.25, -0.2) is 0 Å². The summed E-state index contributed by atoms with van der Waals surface area (Å²) in [6, 6.07) is 11.6. The fourth-order valence-corrected chi connectivity index (χ4v) is 2.94. The lowest BCUT2D eigenvalue weighted by atomic mass is 10.2.